The van der Waals surface area contributed by atoms with Gasteiger partial charge in [-0.15, -0.1) is 11.3 Å². The van der Waals surface area contributed by atoms with Gasteiger partial charge in [-0.2, -0.15) is 0 Å². The van der Waals surface area contributed by atoms with E-state index in [0.29, 0.717) is 5.56 Å². The van der Waals surface area contributed by atoms with E-state index in [1.165, 1.54) is 18.2 Å². The molecule has 0 unspecified atom stereocenters. The fourth-order valence-corrected chi connectivity index (χ4v) is 6.12. The first-order valence-electron chi connectivity index (χ1n) is 8.88. The monoisotopic (exact) mass is 458 g/mol. The minimum Gasteiger partial charge on any atom is -0.236 e. The Morgan fingerprint density at radius 2 is 1.50 bits per heavy atom. The van der Waals surface area contributed by atoms with Gasteiger partial charge in [0, 0.05) is 17.4 Å². The van der Waals surface area contributed by atoms with Crippen LogP contribution in [0, 0.1) is 6.92 Å². The molecule has 0 atom stereocenters. The zero-order valence-corrected chi connectivity index (χ0v) is 18.6. The highest BCUT2D eigenvalue weighted by Crippen LogP contribution is 2.36. The molecule has 4 aromatic rings. The molecule has 0 spiro atoms. The topological polar surface area (TPSA) is 107 Å². The Balaban J connectivity index is 1.86. The van der Waals surface area contributed by atoms with Crippen LogP contribution in [0.3, 0.4) is 0 Å². The quantitative estimate of drug-likeness (QED) is 0.498. The number of nitrogens with zero attached hydrogens (tertiary/aromatic N) is 1. The Labute approximate surface area is 179 Å². The maximum atomic E-state index is 12.3. The van der Waals surface area contributed by atoms with E-state index in [1.54, 1.807) is 35.6 Å². The summed E-state index contributed by atoms with van der Waals surface area (Å²) in [5, 5.41) is 6.18. The minimum absolute atomic E-state index is 0.0778. The molecule has 1 heterocycles. The van der Waals surface area contributed by atoms with Crippen molar-refractivity contribution in [3.05, 3.63) is 66.2 Å². The second-order valence-corrected chi connectivity index (χ2v) is 11.6. The molecule has 3 aromatic carbocycles. The molecule has 0 saturated carbocycles. The van der Waals surface area contributed by atoms with Crippen molar-refractivity contribution in [1.29, 1.82) is 0 Å². The molecule has 9 heteroatoms. The summed E-state index contributed by atoms with van der Waals surface area (Å²) >= 11 is 1.56. The Hall–Kier alpha value is -2.59. The summed E-state index contributed by atoms with van der Waals surface area (Å²) < 4.78 is 49.8. The van der Waals surface area contributed by atoms with E-state index >= 15 is 0 Å². The first-order chi connectivity index (χ1) is 14.0. The number of nitrogens with two attached hydrogens (primary N) is 1. The average molecular weight is 459 g/mol. The number of sulfone groups is 1. The third-order valence-corrected chi connectivity index (χ3v) is 7.82. The lowest BCUT2D eigenvalue weighted by atomic mass is 10.0. The second kappa shape index (κ2) is 7.28. The summed E-state index contributed by atoms with van der Waals surface area (Å²) in [4.78, 5) is 4.33. The summed E-state index contributed by atoms with van der Waals surface area (Å²) in [6, 6.07) is 17.1. The van der Waals surface area contributed by atoms with Gasteiger partial charge in [0.1, 0.15) is 5.01 Å². The van der Waals surface area contributed by atoms with Crippen LogP contribution in [-0.2, 0) is 19.9 Å². The largest absolute Gasteiger partial charge is 0.238 e. The first kappa shape index (κ1) is 20.7. The lowest BCUT2D eigenvalue weighted by Crippen LogP contribution is -2.15. The smallest absolute Gasteiger partial charge is 0.236 e. The van der Waals surface area contributed by atoms with Crippen LogP contribution in [0.2, 0.25) is 0 Å². The molecule has 1 aromatic heterocycles. The van der Waals surface area contributed by atoms with E-state index in [2.05, 4.69) is 11.1 Å². The maximum Gasteiger partial charge on any atom is 0.238 e. The van der Waals surface area contributed by atoms with Crippen molar-refractivity contribution < 1.29 is 16.8 Å². The lowest BCUT2D eigenvalue weighted by Gasteiger charge is -2.13. The zero-order chi connectivity index (χ0) is 21.7. The van der Waals surface area contributed by atoms with Crippen molar-refractivity contribution in [2.24, 2.45) is 5.14 Å². The Bertz CT molecular complexity index is 1440. The number of fused-ring (bicyclic) bond motifs is 1. The normalized spacial score (nSPS) is 12.4. The predicted molar refractivity (Wildman–Crippen MR) is 120 cm³/mol. The van der Waals surface area contributed by atoms with Gasteiger partial charge in [0.2, 0.25) is 10.0 Å². The number of rotatable bonds is 4. The van der Waals surface area contributed by atoms with Gasteiger partial charge in [-0.3, -0.25) is 0 Å². The SMILES string of the molecule is Cc1ccc2nc(-c3ccc(-c4c(S(C)(=O)=O)cccc4S(N)(=O)=O)cc3)sc2c1. The number of aromatic nitrogens is 1. The van der Waals surface area contributed by atoms with Gasteiger partial charge in [-0.1, -0.05) is 36.4 Å². The van der Waals surface area contributed by atoms with Crippen LogP contribution in [0.15, 0.2) is 70.5 Å². The minimum atomic E-state index is -4.12. The van der Waals surface area contributed by atoms with Gasteiger partial charge in [0.05, 0.1) is 20.0 Å². The molecule has 6 nitrogen and oxygen atoms in total. The molecule has 154 valence electrons. The van der Waals surface area contributed by atoms with Gasteiger partial charge < -0.3 is 0 Å². The maximum absolute atomic E-state index is 12.3. The van der Waals surface area contributed by atoms with Gasteiger partial charge in [-0.05, 0) is 42.3 Å². The van der Waals surface area contributed by atoms with Crippen molar-refractivity contribution in [2.45, 2.75) is 16.7 Å². The van der Waals surface area contributed by atoms with Crippen LogP contribution in [-0.4, -0.2) is 28.1 Å². The van der Waals surface area contributed by atoms with Crippen LogP contribution >= 0.6 is 11.3 Å². The van der Waals surface area contributed by atoms with Crippen molar-refractivity contribution in [2.75, 3.05) is 6.26 Å². The van der Waals surface area contributed by atoms with Gasteiger partial charge in [0.25, 0.3) is 0 Å². The molecular weight excluding hydrogens is 440 g/mol. The highest BCUT2D eigenvalue weighted by Gasteiger charge is 2.23. The number of hydrogen-bond acceptors (Lipinski definition) is 6. The molecule has 0 fully saturated rings. The van der Waals surface area contributed by atoms with E-state index in [0.717, 1.165) is 32.6 Å². The highest BCUT2D eigenvalue weighted by atomic mass is 32.2. The molecule has 0 saturated heterocycles. The van der Waals surface area contributed by atoms with Crippen LogP contribution in [0.4, 0.5) is 0 Å². The van der Waals surface area contributed by atoms with Crippen molar-refractivity contribution >= 4 is 41.4 Å². The summed E-state index contributed by atoms with van der Waals surface area (Å²) in [5.41, 5.74) is 3.44. The number of aryl methyl sites for hydroxylation is 1. The summed E-state index contributed by atoms with van der Waals surface area (Å²) in [6.45, 7) is 2.02. The molecule has 0 aliphatic heterocycles. The number of hydrogen-bond donors (Lipinski definition) is 1. The molecule has 2 N–H and O–H groups in total. The number of sulfonamides is 1. The molecule has 30 heavy (non-hydrogen) atoms. The van der Waals surface area contributed by atoms with Crippen LogP contribution < -0.4 is 5.14 Å². The number of thiazole rings is 1. The van der Waals surface area contributed by atoms with E-state index in [9.17, 15) is 16.8 Å². The highest BCUT2D eigenvalue weighted by molar-refractivity contribution is 7.91. The predicted octanol–water partition coefficient (Wildman–Crippen LogP) is 3.99. The molecule has 0 radical (unpaired) electrons. The van der Waals surface area contributed by atoms with E-state index < -0.39 is 19.9 Å². The van der Waals surface area contributed by atoms with E-state index in [-0.39, 0.29) is 15.4 Å². The Kier molecular flexibility index (Phi) is 5.01. The van der Waals surface area contributed by atoms with Crippen molar-refractivity contribution in [3.63, 3.8) is 0 Å². The molecule has 0 amide bonds. The van der Waals surface area contributed by atoms with E-state index in [4.69, 9.17) is 5.14 Å². The first-order valence-corrected chi connectivity index (χ1v) is 13.1. The standard InChI is InChI=1S/C21H18N2O4S3/c1-13-6-11-16-17(12-13)28-21(23-16)15-9-7-14(8-10-15)20-18(29(2,24)25)4-3-5-19(20)30(22,26)27/h3-12H,1-2H3,(H2,22,26,27). The fraction of sp³-hybridized carbons (Fsp3) is 0.0952. The number of primary sulfonamides is 1. The third-order valence-electron chi connectivity index (χ3n) is 4.66. The lowest BCUT2D eigenvalue weighted by molar-refractivity contribution is 0.597. The van der Waals surface area contributed by atoms with Crippen LogP contribution in [0.1, 0.15) is 5.56 Å². The molecular formula is C21H18N2O4S3. The van der Waals surface area contributed by atoms with Crippen LogP contribution in [0.5, 0.6) is 0 Å². The Morgan fingerprint density at radius 1 is 0.867 bits per heavy atom. The van der Waals surface area contributed by atoms with Crippen molar-refractivity contribution in [3.8, 4) is 21.7 Å². The van der Waals surface area contributed by atoms with Crippen molar-refractivity contribution in [1.82, 2.24) is 4.98 Å². The second-order valence-electron chi connectivity index (χ2n) is 7.01. The number of benzene rings is 3. The van der Waals surface area contributed by atoms with Gasteiger partial charge >= 0.3 is 0 Å². The zero-order valence-electron chi connectivity index (χ0n) is 16.2. The molecule has 0 bridgehead atoms. The molecule has 0 aliphatic carbocycles. The van der Waals surface area contributed by atoms with Gasteiger partial charge in [0.15, 0.2) is 9.84 Å². The van der Waals surface area contributed by atoms with Gasteiger partial charge in [-0.25, -0.2) is 27.0 Å². The molecule has 4 rings (SSSR count). The van der Waals surface area contributed by atoms with E-state index in [1.807, 2.05) is 19.1 Å². The Morgan fingerprint density at radius 3 is 2.13 bits per heavy atom. The third kappa shape index (κ3) is 3.89. The molecule has 0 aliphatic rings. The summed E-state index contributed by atoms with van der Waals surface area (Å²) in [6.07, 6.45) is 1.04. The fourth-order valence-electron chi connectivity index (χ4n) is 3.28. The summed E-state index contributed by atoms with van der Waals surface area (Å²) in [5.74, 6) is 0. The van der Waals surface area contributed by atoms with Crippen LogP contribution in [0.25, 0.3) is 31.9 Å². The summed E-state index contributed by atoms with van der Waals surface area (Å²) in [7, 11) is -7.80. The average Bonchev–Trinajstić information content (AvgIpc) is 3.09.